The van der Waals surface area contributed by atoms with Gasteiger partial charge in [0, 0.05) is 24.4 Å². The minimum Gasteiger partial charge on any atom is -0.477 e. The normalized spacial score (nSPS) is 16.1. The Labute approximate surface area is 123 Å². The standard InChI is InChI=1S/C13H20N2O5S/c1-13(2,5-6-16)14-21(19,20)10-7-11(12(17)18)15(8-10)9-3-4-9/h7-9,14,16H,3-6H2,1-2H3,(H,17,18). The first-order valence-corrected chi connectivity index (χ1v) is 8.24. The molecule has 1 fully saturated rings. The van der Waals surface area contributed by atoms with Crippen molar-refractivity contribution in [3.63, 3.8) is 0 Å². The Bertz CT molecular complexity index is 644. The summed E-state index contributed by atoms with van der Waals surface area (Å²) in [5.74, 6) is -1.14. The Morgan fingerprint density at radius 1 is 1.48 bits per heavy atom. The predicted molar refractivity (Wildman–Crippen MR) is 75.8 cm³/mol. The van der Waals surface area contributed by atoms with Crippen molar-refractivity contribution in [3.05, 3.63) is 18.0 Å². The minimum absolute atomic E-state index is 0.0159. The number of nitrogens with one attached hydrogen (secondary N) is 1. The van der Waals surface area contributed by atoms with Crippen LogP contribution in [0, 0.1) is 0 Å². The Kier molecular flexibility index (Phi) is 4.14. The number of hydrogen-bond donors (Lipinski definition) is 3. The maximum Gasteiger partial charge on any atom is 0.352 e. The quantitative estimate of drug-likeness (QED) is 0.694. The number of hydrogen-bond acceptors (Lipinski definition) is 4. The van der Waals surface area contributed by atoms with Crippen molar-refractivity contribution in [1.82, 2.24) is 9.29 Å². The van der Waals surface area contributed by atoms with Crippen LogP contribution in [-0.4, -0.2) is 41.3 Å². The largest absolute Gasteiger partial charge is 0.477 e. The highest BCUT2D eigenvalue weighted by molar-refractivity contribution is 7.89. The van der Waals surface area contributed by atoms with Crippen molar-refractivity contribution in [2.24, 2.45) is 0 Å². The average molecular weight is 316 g/mol. The summed E-state index contributed by atoms with van der Waals surface area (Å²) in [7, 11) is -3.83. The second-order valence-corrected chi connectivity index (χ2v) is 7.65. The van der Waals surface area contributed by atoms with Crippen molar-refractivity contribution in [1.29, 1.82) is 0 Å². The lowest BCUT2D eigenvalue weighted by molar-refractivity contribution is 0.0685. The number of aliphatic hydroxyl groups excluding tert-OH is 1. The van der Waals surface area contributed by atoms with Gasteiger partial charge in [0.1, 0.15) is 10.6 Å². The smallest absolute Gasteiger partial charge is 0.352 e. The third-order valence-electron chi connectivity index (χ3n) is 3.44. The van der Waals surface area contributed by atoms with Gasteiger partial charge in [-0.1, -0.05) is 0 Å². The molecule has 0 aromatic carbocycles. The molecule has 0 unspecified atom stereocenters. The molecule has 1 saturated carbocycles. The molecule has 1 aliphatic rings. The summed E-state index contributed by atoms with van der Waals surface area (Å²) in [6.45, 7) is 3.19. The molecule has 8 heteroatoms. The number of carboxylic acid groups (broad SMARTS) is 1. The number of rotatable bonds is 7. The molecule has 0 atom stereocenters. The molecule has 118 valence electrons. The van der Waals surface area contributed by atoms with Crippen LogP contribution in [0.3, 0.4) is 0 Å². The van der Waals surface area contributed by atoms with E-state index >= 15 is 0 Å². The van der Waals surface area contributed by atoms with Gasteiger partial charge in [0.05, 0.1) is 0 Å². The van der Waals surface area contributed by atoms with Crippen LogP contribution in [0.15, 0.2) is 17.2 Å². The van der Waals surface area contributed by atoms with Gasteiger partial charge in [0.25, 0.3) is 0 Å². The van der Waals surface area contributed by atoms with Gasteiger partial charge in [-0.25, -0.2) is 17.9 Å². The number of nitrogens with zero attached hydrogens (tertiary/aromatic N) is 1. The molecule has 0 amide bonds. The number of aromatic nitrogens is 1. The number of carbonyl (C=O) groups is 1. The Balaban J connectivity index is 2.32. The maximum absolute atomic E-state index is 12.4. The fourth-order valence-electron chi connectivity index (χ4n) is 2.18. The number of aliphatic hydroxyl groups is 1. The summed E-state index contributed by atoms with van der Waals surface area (Å²) in [5, 5.41) is 18.1. The third kappa shape index (κ3) is 3.63. The summed E-state index contributed by atoms with van der Waals surface area (Å²) in [6, 6.07) is 1.25. The van der Waals surface area contributed by atoms with Gasteiger partial charge in [-0.15, -0.1) is 0 Å². The van der Waals surface area contributed by atoms with E-state index in [1.807, 2.05) is 0 Å². The Hall–Kier alpha value is -1.38. The summed E-state index contributed by atoms with van der Waals surface area (Å²) < 4.78 is 28.7. The van der Waals surface area contributed by atoms with Gasteiger partial charge in [0.2, 0.25) is 10.0 Å². The first kappa shape index (κ1) is 16.0. The topological polar surface area (TPSA) is 109 Å². The van der Waals surface area contributed by atoms with E-state index in [1.165, 1.54) is 16.8 Å². The van der Waals surface area contributed by atoms with Crippen molar-refractivity contribution in [2.45, 2.75) is 49.6 Å². The molecule has 0 aliphatic heterocycles. The highest BCUT2D eigenvalue weighted by Gasteiger charge is 2.32. The molecular weight excluding hydrogens is 296 g/mol. The Morgan fingerprint density at radius 3 is 2.57 bits per heavy atom. The molecule has 21 heavy (non-hydrogen) atoms. The number of aromatic carboxylic acids is 1. The fourth-order valence-corrected chi connectivity index (χ4v) is 3.65. The highest BCUT2D eigenvalue weighted by Crippen LogP contribution is 2.37. The first-order valence-electron chi connectivity index (χ1n) is 6.76. The summed E-state index contributed by atoms with van der Waals surface area (Å²) >= 11 is 0. The summed E-state index contributed by atoms with van der Waals surface area (Å²) in [5.41, 5.74) is -0.823. The fraction of sp³-hybridized carbons (Fsp3) is 0.615. The molecule has 1 aliphatic carbocycles. The van der Waals surface area contributed by atoms with Crippen molar-refractivity contribution >= 4 is 16.0 Å². The summed E-state index contributed by atoms with van der Waals surface area (Å²) in [6.07, 6.45) is 3.36. The highest BCUT2D eigenvalue weighted by atomic mass is 32.2. The van der Waals surface area contributed by atoms with Gasteiger partial charge in [-0.2, -0.15) is 0 Å². The minimum atomic E-state index is -3.83. The van der Waals surface area contributed by atoms with Crippen LogP contribution in [0.25, 0.3) is 0 Å². The predicted octanol–water partition coefficient (Wildman–Crippen LogP) is 0.960. The third-order valence-corrected chi connectivity index (χ3v) is 5.11. The van der Waals surface area contributed by atoms with Crippen LogP contribution in [0.2, 0.25) is 0 Å². The van der Waals surface area contributed by atoms with E-state index in [2.05, 4.69) is 4.72 Å². The number of sulfonamides is 1. The molecule has 0 bridgehead atoms. The first-order chi connectivity index (χ1) is 9.66. The van der Waals surface area contributed by atoms with E-state index in [0.717, 1.165) is 12.8 Å². The molecule has 2 rings (SSSR count). The lowest BCUT2D eigenvalue weighted by atomic mass is 10.0. The van der Waals surface area contributed by atoms with Crippen LogP contribution in [-0.2, 0) is 10.0 Å². The van der Waals surface area contributed by atoms with Crippen molar-refractivity contribution in [2.75, 3.05) is 6.61 Å². The van der Waals surface area contributed by atoms with E-state index in [1.54, 1.807) is 13.8 Å². The lowest BCUT2D eigenvalue weighted by Crippen LogP contribution is -2.43. The zero-order chi connectivity index (χ0) is 15.8. The SMILES string of the molecule is CC(C)(CCO)NS(=O)(=O)c1cc(C(=O)O)n(C2CC2)c1. The van der Waals surface area contributed by atoms with Gasteiger partial charge >= 0.3 is 5.97 Å². The Morgan fingerprint density at radius 2 is 2.10 bits per heavy atom. The van der Waals surface area contributed by atoms with Crippen molar-refractivity contribution in [3.8, 4) is 0 Å². The number of carboxylic acids is 1. The van der Waals surface area contributed by atoms with E-state index < -0.39 is 21.5 Å². The van der Waals surface area contributed by atoms with E-state index in [0.29, 0.717) is 0 Å². The molecule has 0 radical (unpaired) electrons. The average Bonchev–Trinajstić information content (AvgIpc) is 3.05. The van der Waals surface area contributed by atoms with E-state index in [9.17, 15) is 13.2 Å². The molecular formula is C13H20N2O5S. The van der Waals surface area contributed by atoms with E-state index in [-0.39, 0.29) is 29.7 Å². The van der Waals surface area contributed by atoms with Crippen LogP contribution in [0.1, 0.15) is 49.6 Å². The van der Waals surface area contributed by atoms with Crippen molar-refractivity contribution < 1.29 is 23.4 Å². The van der Waals surface area contributed by atoms with E-state index in [4.69, 9.17) is 10.2 Å². The van der Waals surface area contributed by atoms with Gasteiger partial charge < -0.3 is 14.8 Å². The lowest BCUT2D eigenvalue weighted by Gasteiger charge is -2.24. The van der Waals surface area contributed by atoms with Gasteiger partial charge in [-0.3, -0.25) is 0 Å². The molecule has 1 aromatic rings. The zero-order valence-corrected chi connectivity index (χ0v) is 12.9. The van der Waals surface area contributed by atoms with Gasteiger partial charge in [0.15, 0.2) is 0 Å². The second-order valence-electron chi connectivity index (χ2n) is 5.97. The van der Waals surface area contributed by atoms with Crippen LogP contribution in [0.4, 0.5) is 0 Å². The molecule has 3 N–H and O–H groups in total. The second kappa shape index (κ2) is 5.43. The molecule has 0 spiro atoms. The zero-order valence-electron chi connectivity index (χ0n) is 12.0. The molecule has 1 heterocycles. The maximum atomic E-state index is 12.4. The van der Waals surface area contributed by atoms with Crippen LogP contribution >= 0.6 is 0 Å². The van der Waals surface area contributed by atoms with Crippen LogP contribution < -0.4 is 4.72 Å². The van der Waals surface area contributed by atoms with Crippen LogP contribution in [0.5, 0.6) is 0 Å². The molecule has 0 saturated heterocycles. The molecule has 1 aromatic heterocycles. The monoisotopic (exact) mass is 316 g/mol. The molecule has 7 nitrogen and oxygen atoms in total. The summed E-state index contributed by atoms with van der Waals surface area (Å²) in [4.78, 5) is 11.2. The van der Waals surface area contributed by atoms with Gasteiger partial charge in [-0.05, 0) is 39.2 Å².